The smallest absolute Gasteiger partial charge is 0.318 e. The highest BCUT2D eigenvalue weighted by molar-refractivity contribution is 7.90. The number of piperidine rings is 3. The molecule has 0 saturated carbocycles. The van der Waals surface area contributed by atoms with Crippen LogP contribution in [0.2, 0.25) is 0 Å². The Kier molecular flexibility index (Phi) is 5.15. The first-order valence-corrected chi connectivity index (χ1v) is 12.8. The molecule has 4 aliphatic rings. The first-order chi connectivity index (χ1) is 14.9. The van der Waals surface area contributed by atoms with Gasteiger partial charge in [-0.3, -0.25) is 0 Å². The molecule has 6 nitrogen and oxygen atoms in total. The Labute approximate surface area is 184 Å². The number of hydrogen-bond donors (Lipinski definition) is 1. The lowest BCUT2D eigenvalue weighted by Gasteiger charge is -2.46. The predicted molar refractivity (Wildman–Crippen MR) is 117 cm³/mol. The number of rotatable bonds is 3. The van der Waals surface area contributed by atoms with Gasteiger partial charge in [-0.1, -0.05) is 24.3 Å². The number of carbonyl (C=O) groups excluding carboxylic acids is 1. The van der Waals surface area contributed by atoms with E-state index in [1.165, 1.54) is 6.26 Å². The second-order valence-electron chi connectivity index (χ2n) is 8.92. The highest BCUT2D eigenvalue weighted by Crippen LogP contribution is 2.35. The zero-order chi connectivity index (χ0) is 21.6. The highest BCUT2D eigenvalue weighted by Gasteiger charge is 2.38. The fraction of sp³-hybridized carbons (Fsp3) is 0.458. The molecule has 2 aromatic carbocycles. The third-order valence-electron chi connectivity index (χ3n) is 6.98. The molecule has 162 valence electrons. The number of amides is 2. The van der Waals surface area contributed by atoms with Crippen LogP contribution in [0, 0.1) is 18.1 Å². The largest absolute Gasteiger partial charge is 0.334 e. The van der Waals surface area contributed by atoms with Crippen LogP contribution in [0.3, 0.4) is 0 Å². The van der Waals surface area contributed by atoms with Crippen molar-refractivity contribution in [3.8, 4) is 0 Å². The summed E-state index contributed by atoms with van der Waals surface area (Å²) in [6.07, 6.45) is 4.23. The molecule has 3 fully saturated rings. The molecular formula is C24H27N3O3S. The molecule has 2 aromatic rings. The molecule has 4 aliphatic heterocycles. The van der Waals surface area contributed by atoms with Gasteiger partial charge in [0, 0.05) is 31.0 Å². The number of urea groups is 1. The standard InChI is InChI=1S/C24H27N3O3S/c1-31(29,30)20-8-6-19(7-9-20)23-21-5-3-2-4-17(21)12-15-27(23)24(28)25-22-16-26-13-10-18(22)11-14-26/h3,5-9,18,22-23H,10-16H2,1H3,(H,25,28)/t22-,23+/m1/s1. The molecule has 0 aromatic heterocycles. The number of nitrogens with one attached hydrogen (secondary N) is 1. The molecule has 3 saturated heterocycles. The summed E-state index contributed by atoms with van der Waals surface area (Å²) in [5.41, 5.74) is 2.99. The minimum absolute atomic E-state index is 0.0468. The minimum Gasteiger partial charge on any atom is -0.334 e. The van der Waals surface area contributed by atoms with Crippen LogP contribution in [0.1, 0.15) is 35.6 Å². The third kappa shape index (κ3) is 3.90. The van der Waals surface area contributed by atoms with Crippen LogP contribution in [0.15, 0.2) is 41.3 Å². The Morgan fingerprint density at radius 2 is 1.84 bits per heavy atom. The molecule has 2 amide bonds. The van der Waals surface area contributed by atoms with Gasteiger partial charge in [0.1, 0.15) is 0 Å². The number of carbonyl (C=O) groups is 1. The molecule has 31 heavy (non-hydrogen) atoms. The quantitative estimate of drug-likeness (QED) is 0.801. The number of benzene rings is 1. The first-order valence-electron chi connectivity index (χ1n) is 10.9. The van der Waals surface area contributed by atoms with Crippen LogP contribution in [-0.4, -0.2) is 62.7 Å². The van der Waals surface area contributed by atoms with Crippen LogP contribution >= 0.6 is 0 Å². The SMILES string of the molecule is CS(=O)(=O)c1ccc([C@H]2c3ccc#cc3CCN2C(=O)N[C@@H]2CN3CCC2CC3)cc1. The Bertz CT molecular complexity index is 1080. The van der Waals surface area contributed by atoms with Crippen molar-refractivity contribution in [1.29, 1.82) is 0 Å². The molecule has 1 N–H and O–H groups in total. The van der Waals surface area contributed by atoms with Gasteiger partial charge in [0.25, 0.3) is 0 Å². The van der Waals surface area contributed by atoms with Gasteiger partial charge in [-0.15, -0.1) is 0 Å². The predicted octanol–water partition coefficient (Wildman–Crippen LogP) is 2.44. The molecule has 4 heterocycles. The van der Waals surface area contributed by atoms with Crippen LogP contribution in [0.25, 0.3) is 0 Å². The van der Waals surface area contributed by atoms with Crippen molar-refractivity contribution in [3.63, 3.8) is 0 Å². The third-order valence-corrected chi connectivity index (χ3v) is 8.11. The zero-order valence-corrected chi connectivity index (χ0v) is 18.5. The van der Waals surface area contributed by atoms with E-state index in [-0.39, 0.29) is 23.0 Å². The van der Waals surface area contributed by atoms with Crippen LogP contribution < -0.4 is 5.32 Å². The number of sulfone groups is 1. The lowest BCUT2D eigenvalue weighted by atomic mass is 9.84. The van der Waals surface area contributed by atoms with Gasteiger partial charge in [-0.05, 0) is 73.7 Å². The molecule has 0 unspecified atom stereocenters. The van der Waals surface area contributed by atoms with E-state index in [2.05, 4.69) is 22.3 Å². The fourth-order valence-corrected chi connectivity index (χ4v) is 5.90. The maximum absolute atomic E-state index is 13.4. The fourth-order valence-electron chi connectivity index (χ4n) is 5.27. The average Bonchev–Trinajstić information content (AvgIpc) is 2.78. The summed E-state index contributed by atoms with van der Waals surface area (Å²) in [7, 11) is -3.27. The molecule has 0 spiro atoms. The monoisotopic (exact) mass is 437 g/mol. The van der Waals surface area contributed by atoms with Crippen molar-refractivity contribution in [2.75, 3.05) is 32.4 Å². The van der Waals surface area contributed by atoms with E-state index in [4.69, 9.17) is 0 Å². The molecule has 6 rings (SSSR count). The van der Waals surface area contributed by atoms with E-state index < -0.39 is 9.84 Å². The van der Waals surface area contributed by atoms with Gasteiger partial charge >= 0.3 is 6.03 Å². The first kappa shape index (κ1) is 20.3. The van der Waals surface area contributed by atoms with Crippen molar-refractivity contribution in [2.45, 2.75) is 36.2 Å². The summed E-state index contributed by atoms with van der Waals surface area (Å²) < 4.78 is 23.8. The Balaban J connectivity index is 1.45. The van der Waals surface area contributed by atoms with E-state index in [0.717, 1.165) is 55.6 Å². The molecule has 2 bridgehead atoms. The second-order valence-corrected chi connectivity index (χ2v) is 10.9. The summed E-state index contributed by atoms with van der Waals surface area (Å²) in [5.74, 6) is 0.557. The van der Waals surface area contributed by atoms with Gasteiger partial charge < -0.3 is 15.1 Å². The maximum atomic E-state index is 13.4. The Morgan fingerprint density at radius 3 is 2.48 bits per heavy atom. The summed E-state index contributed by atoms with van der Waals surface area (Å²) in [4.78, 5) is 18.1. The lowest BCUT2D eigenvalue weighted by molar-refractivity contribution is 0.0715. The van der Waals surface area contributed by atoms with Crippen molar-refractivity contribution >= 4 is 15.9 Å². The zero-order valence-electron chi connectivity index (χ0n) is 17.7. The second kappa shape index (κ2) is 7.85. The van der Waals surface area contributed by atoms with E-state index >= 15 is 0 Å². The minimum atomic E-state index is -3.27. The number of fused-ring (bicyclic) bond motifs is 4. The number of nitrogens with zero attached hydrogens (tertiary/aromatic N) is 2. The van der Waals surface area contributed by atoms with Crippen LogP contribution in [0.5, 0.6) is 0 Å². The molecule has 0 radical (unpaired) electrons. The van der Waals surface area contributed by atoms with Crippen LogP contribution in [-0.2, 0) is 16.3 Å². The average molecular weight is 438 g/mol. The molecule has 7 heteroatoms. The number of hydrogen-bond acceptors (Lipinski definition) is 4. The highest BCUT2D eigenvalue weighted by atomic mass is 32.2. The van der Waals surface area contributed by atoms with Crippen molar-refractivity contribution in [2.24, 2.45) is 5.92 Å². The van der Waals surface area contributed by atoms with Crippen LogP contribution in [0.4, 0.5) is 4.79 Å². The summed E-state index contributed by atoms with van der Waals surface area (Å²) in [5, 5.41) is 3.32. The van der Waals surface area contributed by atoms with E-state index in [1.54, 1.807) is 12.1 Å². The summed E-state index contributed by atoms with van der Waals surface area (Å²) in [6, 6.07) is 16.8. The van der Waals surface area contributed by atoms with Crippen molar-refractivity contribution < 1.29 is 13.2 Å². The van der Waals surface area contributed by atoms with Crippen molar-refractivity contribution in [3.05, 3.63) is 65.2 Å². The Hall–Kier alpha value is -2.56. The van der Waals surface area contributed by atoms with Gasteiger partial charge in [0.2, 0.25) is 0 Å². The van der Waals surface area contributed by atoms with Gasteiger partial charge in [0.05, 0.1) is 10.9 Å². The van der Waals surface area contributed by atoms with E-state index in [9.17, 15) is 13.2 Å². The summed E-state index contributed by atoms with van der Waals surface area (Å²) in [6.45, 7) is 3.79. The molecule has 2 atom stereocenters. The lowest BCUT2D eigenvalue weighted by Crippen LogP contribution is -2.59. The van der Waals surface area contributed by atoms with E-state index in [1.807, 2.05) is 29.2 Å². The topological polar surface area (TPSA) is 69.7 Å². The molecular weight excluding hydrogens is 410 g/mol. The van der Waals surface area contributed by atoms with E-state index in [0.29, 0.717) is 12.5 Å². The van der Waals surface area contributed by atoms with Gasteiger partial charge in [-0.25, -0.2) is 13.2 Å². The summed E-state index contributed by atoms with van der Waals surface area (Å²) >= 11 is 0. The normalized spacial score (nSPS) is 27.3. The maximum Gasteiger partial charge on any atom is 0.318 e. The van der Waals surface area contributed by atoms with Crippen molar-refractivity contribution in [1.82, 2.24) is 15.1 Å². The van der Waals surface area contributed by atoms with Gasteiger partial charge in [-0.2, -0.15) is 0 Å². The molecule has 0 aliphatic carbocycles. The van der Waals surface area contributed by atoms with Gasteiger partial charge in [0.15, 0.2) is 9.84 Å². The Morgan fingerprint density at radius 1 is 1.10 bits per heavy atom.